The van der Waals surface area contributed by atoms with Crippen molar-refractivity contribution in [2.24, 2.45) is 0 Å². The molecular weight excluding hydrogens is 164 g/mol. The Hall–Kier alpha value is -0.893. The molecule has 64 valence electrons. The van der Waals surface area contributed by atoms with Gasteiger partial charge in [-0.25, -0.2) is 0 Å². The molecule has 0 heterocycles. The molecule has 0 unspecified atom stereocenters. The zero-order chi connectivity index (χ0) is 8.97. The maximum atomic E-state index is 10.8. The summed E-state index contributed by atoms with van der Waals surface area (Å²) in [6, 6.07) is 8.29. The lowest BCUT2D eigenvalue weighted by Crippen LogP contribution is -2.00. The van der Waals surface area contributed by atoms with Gasteiger partial charge in [-0.05, 0) is 17.5 Å². The number of aryl methyl sites for hydroxylation is 1. The van der Waals surface area contributed by atoms with Gasteiger partial charge in [0, 0.05) is 6.42 Å². The molecule has 1 rings (SSSR count). The van der Waals surface area contributed by atoms with Gasteiger partial charge in [0.1, 0.15) is 5.41 Å². The molecule has 0 spiro atoms. The second-order valence-electron chi connectivity index (χ2n) is 3.05. The van der Waals surface area contributed by atoms with E-state index in [0.717, 1.165) is 12.0 Å². The molecule has 0 fully saturated rings. The molecule has 0 aliphatic heterocycles. The van der Waals surface area contributed by atoms with E-state index in [1.54, 1.807) is 0 Å². The second-order valence-corrected chi connectivity index (χ2v) is 4.16. The third-order valence-corrected chi connectivity index (χ3v) is 2.24. The van der Waals surface area contributed by atoms with Crippen molar-refractivity contribution in [1.29, 1.82) is 0 Å². The lowest BCUT2D eigenvalue weighted by atomic mass is 10.1. The van der Waals surface area contributed by atoms with Crippen LogP contribution in [0.5, 0.6) is 0 Å². The summed E-state index contributed by atoms with van der Waals surface area (Å²) < 4.78 is 0. The summed E-state index contributed by atoms with van der Waals surface area (Å²) in [7, 11) is 0.664. The Balaban J connectivity index is 2.71. The van der Waals surface area contributed by atoms with Crippen LogP contribution in [0.1, 0.15) is 18.1 Å². The van der Waals surface area contributed by atoms with E-state index in [2.05, 4.69) is 31.2 Å². The number of hydrogen-bond acceptors (Lipinski definition) is 1. The van der Waals surface area contributed by atoms with Gasteiger partial charge in [0.05, 0.1) is 10.2 Å². The number of carbonyl (C=O) groups is 1. The standard InChI is InChI=1S/C10H14OSi/c1-2-8-3-5-9(6-4-8)7-10(11)12/h3-6H,2,7H2,1,12H3. The minimum atomic E-state index is 0.360. The van der Waals surface area contributed by atoms with Crippen LogP contribution < -0.4 is 0 Å². The molecule has 1 aromatic rings. The second kappa shape index (κ2) is 4.21. The molecule has 0 aromatic heterocycles. The summed E-state index contributed by atoms with van der Waals surface area (Å²) in [5, 5.41) is 0.360. The molecule has 12 heavy (non-hydrogen) atoms. The topological polar surface area (TPSA) is 17.1 Å². The molecule has 0 aliphatic rings. The maximum absolute atomic E-state index is 10.8. The minimum Gasteiger partial charge on any atom is -0.306 e. The van der Waals surface area contributed by atoms with Crippen molar-refractivity contribution in [2.75, 3.05) is 0 Å². The molecule has 0 amide bonds. The smallest absolute Gasteiger partial charge is 0.105 e. The van der Waals surface area contributed by atoms with E-state index in [4.69, 9.17) is 0 Å². The molecule has 0 bridgehead atoms. The Labute approximate surface area is 76.2 Å². The third kappa shape index (κ3) is 2.62. The van der Waals surface area contributed by atoms with Gasteiger partial charge >= 0.3 is 0 Å². The van der Waals surface area contributed by atoms with Gasteiger partial charge in [0.25, 0.3) is 0 Å². The SMILES string of the molecule is CCc1ccc(CC(=O)[SiH3])cc1. The van der Waals surface area contributed by atoms with E-state index in [9.17, 15) is 4.79 Å². The fourth-order valence-electron chi connectivity index (χ4n) is 1.18. The van der Waals surface area contributed by atoms with Crippen molar-refractivity contribution < 1.29 is 4.79 Å². The Morgan fingerprint density at radius 3 is 2.17 bits per heavy atom. The Bertz CT molecular complexity index is 264. The van der Waals surface area contributed by atoms with E-state index < -0.39 is 0 Å². The first-order valence-corrected chi connectivity index (χ1v) is 5.29. The number of carbonyl (C=O) groups excluding carboxylic acids is 1. The van der Waals surface area contributed by atoms with Gasteiger partial charge in [-0.1, -0.05) is 31.2 Å². The van der Waals surface area contributed by atoms with Crippen LogP contribution in [-0.2, 0) is 17.6 Å². The van der Waals surface area contributed by atoms with Crippen LogP contribution in [0.2, 0.25) is 0 Å². The third-order valence-electron chi connectivity index (χ3n) is 1.88. The van der Waals surface area contributed by atoms with Crippen LogP contribution >= 0.6 is 0 Å². The van der Waals surface area contributed by atoms with Crippen LogP contribution in [0.15, 0.2) is 24.3 Å². The maximum Gasteiger partial charge on any atom is 0.105 e. The van der Waals surface area contributed by atoms with Crippen molar-refractivity contribution in [3.8, 4) is 0 Å². The van der Waals surface area contributed by atoms with Crippen LogP contribution in [0.3, 0.4) is 0 Å². The van der Waals surface area contributed by atoms with Crippen molar-refractivity contribution in [3.63, 3.8) is 0 Å². The van der Waals surface area contributed by atoms with Crippen molar-refractivity contribution in [2.45, 2.75) is 19.8 Å². The zero-order valence-electron chi connectivity index (χ0n) is 7.63. The summed E-state index contributed by atoms with van der Waals surface area (Å²) in [6.07, 6.45) is 1.69. The quantitative estimate of drug-likeness (QED) is 0.622. The minimum absolute atomic E-state index is 0.360. The fraction of sp³-hybridized carbons (Fsp3) is 0.300. The van der Waals surface area contributed by atoms with Gasteiger partial charge in [-0.3, -0.25) is 0 Å². The van der Waals surface area contributed by atoms with E-state index in [-0.39, 0.29) is 0 Å². The molecule has 1 aromatic carbocycles. The highest BCUT2D eigenvalue weighted by Gasteiger charge is 1.96. The lowest BCUT2D eigenvalue weighted by molar-refractivity contribution is -0.111. The van der Waals surface area contributed by atoms with Crippen molar-refractivity contribution in [1.82, 2.24) is 0 Å². The molecule has 1 nitrogen and oxygen atoms in total. The van der Waals surface area contributed by atoms with Crippen molar-refractivity contribution in [3.05, 3.63) is 35.4 Å². The number of hydrogen-bond donors (Lipinski definition) is 0. The molecular formula is C10H14OSi. The monoisotopic (exact) mass is 178 g/mol. The van der Waals surface area contributed by atoms with Gasteiger partial charge in [-0.15, -0.1) is 0 Å². The van der Waals surface area contributed by atoms with Gasteiger partial charge in [-0.2, -0.15) is 0 Å². The first kappa shape index (κ1) is 9.20. The Kier molecular flexibility index (Phi) is 3.23. The van der Waals surface area contributed by atoms with Crippen molar-refractivity contribution >= 4 is 15.6 Å². The summed E-state index contributed by atoms with van der Waals surface area (Å²) >= 11 is 0. The average molecular weight is 178 g/mol. The van der Waals surface area contributed by atoms with Gasteiger partial charge in [0.2, 0.25) is 0 Å². The predicted octanol–water partition coefficient (Wildman–Crippen LogP) is 0.683. The molecule has 0 aliphatic carbocycles. The lowest BCUT2D eigenvalue weighted by Gasteiger charge is -1.99. The van der Waals surface area contributed by atoms with Gasteiger partial charge < -0.3 is 4.79 Å². The Morgan fingerprint density at radius 1 is 1.25 bits per heavy atom. The fourth-order valence-corrected chi connectivity index (χ4v) is 1.59. The summed E-state index contributed by atoms with van der Waals surface area (Å²) in [4.78, 5) is 10.8. The van der Waals surface area contributed by atoms with Gasteiger partial charge in [0.15, 0.2) is 0 Å². The Morgan fingerprint density at radius 2 is 1.75 bits per heavy atom. The molecule has 0 saturated carbocycles. The predicted molar refractivity (Wildman–Crippen MR) is 54.5 cm³/mol. The number of benzene rings is 1. The highest BCUT2D eigenvalue weighted by Crippen LogP contribution is 2.05. The first-order valence-electron chi connectivity index (χ1n) is 4.29. The molecule has 0 saturated heterocycles. The molecule has 0 radical (unpaired) electrons. The highest BCUT2D eigenvalue weighted by atomic mass is 28.1. The van der Waals surface area contributed by atoms with E-state index in [0.29, 0.717) is 22.1 Å². The molecule has 0 N–H and O–H groups in total. The normalized spacial score (nSPS) is 10.1. The van der Waals surface area contributed by atoms with Crippen LogP contribution in [-0.4, -0.2) is 15.6 Å². The summed E-state index contributed by atoms with van der Waals surface area (Å²) in [5.74, 6) is 0. The summed E-state index contributed by atoms with van der Waals surface area (Å²) in [5.41, 5.74) is 2.48. The molecule has 0 atom stereocenters. The first-order chi connectivity index (χ1) is 5.72. The average Bonchev–Trinajstić information content (AvgIpc) is 2.05. The van der Waals surface area contributed by atoms with E-state index in [1.165, 1.54) is 5.56 Å². The van der Waals surface area contributed by atoms with Crippen LogP contribution in [0.25, 0.3) is 0 Å². The highest BCUT2D eigenvalue weighted by molar-refractivity contribution is 6.57. The van der Waals surface area contributed by atoms with Crippen LogP contribution in [0, 0.1) is 0 Å². The summed E-state index contributed by atoms with van der Waals surface area (Å²) in [6.45, 7) is 2.13. The zero-order valence-corrected chi connectivity index (χ0v) is 9.63. The van der Waals surface area contributed by atoms with E-state index >= 15 is 0 Å². The van der Waals surface area contributed by atoms with Crippen LogP contribution in [0.4, 0.5) is 0 Å². The largest absolute Gasteiger partial charge is 0.306 e. The van der Waals surface area contributed by atoms with E-state index in [1.807, 2.05) is 0 Å². The molecule has 2 heteroatoms. The number of rotatable bonds is 3.